The van der Waals surface area contributed by atoms with E-state index in [0.717, 1.165) is 13.1 Å². The summed E-state index contributed by atoms with van der Waals surface area (Å²) in [6.45, 7) is 3.50. The van der Waals surface area contributed by atoms with E-state index in [9.17, 15) is 9.18 Å². The number of amides is 1. The molecule has 0 saturated carbocycles. The molecule has 0 aliphatic carbocycles. The Labute approximate surface area is 138 Å². The lowest BCUT2D eigenvalue weighted by Crippen LogP contribution is -2.43. The van der Waals surface area contributed by atoms with Gasteiger partial charge in [-0.25, -0.2) is 4.39 Å². The first-order chi connectivity index (χ1) is 11.3. The number of morpholine rings is 1. The molecule has 0 spiro atoms. The highest BCUT2D eigenvalue weighted by Gasteiger charge is 2.24. The number of hydrogen-bond donors (Lipinski definition) is 1. The maximum Gasteiger partial charge on any atom is 0.254 e. The van der Waals surface area contributed by atoms with E-state index in [-0.39, 0.29) is 17.5 Å². The van der Waals surface area contributed by atoms with Crippen molar-refractivity contribution < 1.29 is 13.9 Å². The van der Waals surface area contributed by atoms with Crippen LogP contribution in [0.3, 0.4) is 0 Å². The molecule has 23 heavy (non-hydrogen) atoms. The van der Waals surface area contributed by atoms with Crippen LogP contribution >= 0.6 is 11.3 Å². The second-order valence-corrected chi connectivity index (χ2v) is 6.19. The van der Waals surface area contributed by atoms with Gasteiger partial charge >= 0.3 is 0 Å². The number of thiophene rings is 1. The van der Waals surface area contributed by atoms with Crippen LogP contribution in [-0.2, 0) is 4.74 Å². The number of rotatable bonds is 5. The van der Waals surface area contributed by atoms with Crippen molar-refractivity contribution in [2.45, 2.75) is 6.04 Å². The second-order valence-electron chi connectivity index (χ2n) is 5.41. The summed E-state index contributed by atoms with van der Waals surface area (Å²) in [5.74, 6) is -0.875. The van der Waals surface area contributed by atoms with Gasteiger partial charge in [-0.3, -0.25) is 9.69 Å². The zero-order valence-corrected chi connectivity index (χ0v) is 13.5. The smallest absolute Gasteiger partial charge is 0.254 e. The van der Waals surface area contributed by atoms with Crippen LogP contribution in [0.15, 0.2) is 41.1 Å². The molecule has 0 bridgehead atoms. The second kappa shape index (κ2) is 7.68. The van der Waals surface area contributed by atoms with Gasteiger partial charge in [-0.05, 0) is 34.5 Å². The number of hydrogen-bond acceptors (Lipinski definition) is 4. The molecule has 0 radical (unpaired) electrons. The maximum atomic E-state index is 13.7. The van der Waals surface area contributed by atoms with E-state index < -0.39 is 5.82 Å². The number of carbonyl (C=O) groups is 1. The molecule has 1 N–H and O–H groups in total. The summed E-state index contributed by atoms with van der Waals surface area (Å²) in [6.07, 6.45) is 0. The van der Waals surface area contributed by atoms with Gasteiger partial charge in [-0.15, -0.1) is 0 Å². The van der Waals surface area contributed by atoms with E-state index >= 15 is 0 Å². The first-order valence-electron chi connectivity index (χ1n) is 7.62. The van der Waals surface area contributed by atoms with Crippen LogP contribution in [-0.4, -0.2) is 43.7 Å². The lowest BCUT2D eigenvalue weighted by atomic mass is 10.1. The Balaban J connectivity index is 1.69. The summed E-state index contributed by atoms with van der Waals surface area (Å²) in [7, 11) is 0. The average Bonchev–Trinajstić information content (AvgIpc) is 3.10. The van der Waals surface area contributed by atoms with Crippen molar-refractivity contribution in [1.82, 2.24) is 10.2 Å². The lowest BCUT2D eigenvalue weighted by Gasteiger charge is -2.34. The van der Waals surface area contributed by atoms with E-state index in [1.54, 1.807) is 23.5 Å². The fourth-order valence-electron chi connectivity index (χ4n) is 2.74. The highest BCUT2D eigenvalue weighted by Crippen LogP contribution is 2.23. The van der Waals surface area contributed by atoms with Gasteiger partial charge in [-0.2, -0.15) is 11.3 Å². The fraction of sp³-hybridized carbons (Fsp3) is 0.353. The molecule has 1 aliphatic rings. The molecular weight excluding hydrogens is 315 g/mol. The van der Waals surface area contributed by atoms with Crippen molar-refractivity contribution in [3.05, 3.63) is 58.0 Å². The normalized spacial score (nSPS) is 16.9. The van der Waals surface area contributed by atoms with E-state index in [4.69, 9.17) is 4.74 Å². The third-order valence-electron chi connectivity index (χ3n) is 3.99. The van der Waals surface area contributed by atoms with Crippen LogP contribution in [0, 0.1) is 5.82 Å². The molecule has 1 aromatic carbocycles. The van der Waals surface area contributed by atoms with Crippen molar-refractivity contribution in [3.63, 3.8) is 0 Å². The zero-order valence-electron chi connectivity index (χ0n) is 12.7. The Bertz CT molecular complexity index is 642. The standard InChI is InChI=1S/C17H19FN2O2S/c18-15-4-2-1-3-14(15)17(21)19-11-16(13-5-10-23-12-13)20-6-8-22-9-7-20/h1-5,10,12,16H,6-9,11H2,(H,19,21)/t16-/m1/s1. The Morgan fingerprint density at radius 1 is 1.30 bits per heavy atom. The molecule has 1 aliphatic heterocycles. The quantitative estimate of drug-likeness (QED) is 0.914. The lowest BCUT2D eigenvalue weighted by molar-refractivity contribution is 0.0163. The average molecular weight is 334 g/mol. The van der Waals surface area contributed by atoms with Gasteiger partial charge in [0.25, 0.3) is 5.91 Å². The van der Waals surface area contributed by atoms with Crippen LogP contribution in [0.1, 0.15) is 22.0 Å². The molecule has 6 heteroatoms. The third kappa shape index (κ3) is 3.96. The number of ether oxygens (including phenoxy) is 1. The first-order valence-corrected chi connectivity index (χ1v) is 8.56. The van der Waals surface area contributed by atoms with E-state index in [0.29, 0.717) is 19.8 Å². The van der Waals surface area contributed by atoms with Gasteiger partial charge in [0.05, 0.1) is 24.8 Å². The van der Waals surface area contributed by atoms with Gasteiger partial charge in [-0.1, -0.05) is 12.1 Å². The van der Waals surface area contributed by atoms with Crippen LogP contribution in [0.25, 0.3) is 0 Å². The predicted octanol–water partition coefficient (Wildman–Crippen LogP) is 2.69. The van der Waals surface area contributed by atoms with Gasteiger partial charge in [0, 0.05) is 19.6 Å². The molecular formula is C17H19FN2O2S. The molecule has 0 unspecified atom stereocenters. The van der Waals surface area contributed by atoms with Crippen LogP contribution < -0.4 is 5.32 Å². The molecule has 1 saturated heterocycles. The van der Waals surface area contributed by atoms with Gasteiger partial charge < -0.3 is 10.1 Å². The molecule has 2 heterocycles. The summed E-state index contributed by atoms with van der Waals surface area (Å²) in [5.41, 5.74) is 1.25. The zero-order chi connectivity index (χ0) is 16.1. The number of nitrogens with zero attached hydrogens (tertiary/aromatic N) is 1. The predicted molar refractivity (Wildman–Crippen MR) is 88.2 cm³/mol. The molecule has 122 valence electrons. The van der Waals surface area contributed by atoms with Crippen molar-refractivity contribution in [2.24, 2.45) is 0 Å². The molecule has 1 fully saturated rings. The molecule has 1 amide bonds. The van der Waals surface area contributed by atoms with E-state index in [1.165, 1.54) is 17.7 Å². The summed E-state index contributed by atoms with van der Waals surface area (Å²) < 4.78 is 19.1. The molecule has 3 rings (SSSR count). The van der Waals surface area contributed by atoms with E-state index in [2.05, 4.69) is 21.7 Å². The van der Waals surface area contributed by atoms with Gasteiger partial charge in [0.15, 0.2) is 0 Å². The van der Waals surface area contributed by atoms with Crippen molar-refractivity contribution in [3.8, 4) is 0 Å². The molecule has 4 nitrogen and oxygen atoms in total. The van der Waals surface area contributed by atoms with Crippen LogP contribution in [0.4, 0.5) is 4.39 Å². The largest absolute Gasteiger partial charge is 0.379 e. The minimum atomic E-state index is -0.497. The number of benzene rings is 1. The Morgan fingerprint density at radius 3 is 2.78 bits per heavy atom. The SMILES string of the molecule is O=C(NC[C@H](c1ccsc1)N1CCOCC1)c1ccccc1F. The third-order valence-corrected chi connectivity index (χ3v) is 4.69. The fourth-order valence-corrected chi connectivity index (χ4v) is 3.45. The molecule has 2 aromatic rings. The minimum Gasteiger partial charge on any atom is -0.379 e. The Morgan fingerprint density at radius 2 is 2.09 bits per heavy atom. The van der Waals surface area contributed by atoms with Crippen LogP contribution in [0.2, 0.25) is 0 Å². The molecule has 1 atom stereocenters. The number of halogens is 1. The highest BCUT2D eigenvalue weighted by molar-refractivity contribution is 7.07. The number of nitrogens with one attached hydrogen (secondary N) is 1. The summed E-state index contributed by atoms with van der Waals surface area (Å²) >= 11 is 1.63. The highest BCUT2D eigenvalue weighted by atomic mass is 32.1. The summed E-state index contributed by atoms with van der Waals surface area (Å²) in [6, 6.07) is 8.19. The van der Waals surface area contributed by atoms with Crippen LogP contribution in [0.5, 0.6) is 0 Å². The maximum absolute atomic E-state index is 13.7. The monoisotopic (exact) mass is 334 g/mol. The van der Waals surface area contributed by atoms with Gasteiger partial charge in [0.2, 0.25) is 0 Å². The first kappa shape index (κ1) is 16.1. The molecule has 1 aromatic heterocycles. The number of carbonyl (C=O) groups excluding carboxylic acids is 1. The Hall–Kier alpha value is -1.76. The summed E-state index contributed by atoms with van der Waals surface area (Å²) in [4.78, 5) is 14.5. The summed E-state index contributed by atoms with van der Waals surface area (Å²) in [5, 5.41) is 6.99. The van der Waals surface area contributed by atoms with E-state index in [1.807, 2.05) is 5.38 Å². The van der Waals surface area contributed by atoms with Crippen molar-refractivity contribution in [1.29, 1.82) is 0 Å². The topological polar surface area (TPSA) is 41.6 Å². The minimum absolute atomic E-state index is 0.0820. The Kier molecular flexibility index (Phi) is 5.38. The van der Waals surface area contributed by atoms with Crippen molar-refractivity contribution >= 4 is 17.2 Å². The van der Waals surface area contributed by atoms with Crippen molar-refractivity contribution in [2.75, 3.05) is 32.8 Å². The van der Waals surface area contributed by atoms with Gasteiger partial charge in [0.1, 0.15) is 5.82 Å².